The molecule has 0 spiro atoms. The molecule has 0 radical (unpaired) electrons. The van der Waals surface area contributed by atoms with E-state index in [1.54, 1.807) is 0 Å². The summed E-state index contributed by atoms with van der Waals surface area (Å²) < 4.78 is 5.79. The van der Waals surface area contributed by atoms with Gasteiger partial charge in [-0.2, -0.15) is 25.3 Å². The highest BCUT2D eigenvalue weighted by Crippen LogP contribution is 2.42. The van der Waals surface area contributed by atoms with E-state index < -0.39 is 0 Å². The van der Waals surface area contributed by atoms with E-state index in [1.165, 1.54) is 12.8 Å². The van der Waals surface area contributed by atoms with Gasteiger partial charge in [-0.05, 0) is 163 Å². The van der Waals surface area contributed by atoms with Gasteiger partial charge in [-0.1, -0.05) is 206 Å². The molecule has 3 atom stereocenters. The number of aldehydes is 1. The highest BCUT2D eigenvalue weighted by Gasteiger charge is 2.31. The number of aromatic amines is 2. The van der Waals surface area contributed by atoms with Crippen LogP contribution in [0.3, 0.4) is 0 Å². The van der Waals surface area contributed by atoms with Crippen LogP contribution in [0.4, 0.5) is 0 Å². The molecule has 11 heteroatoms. The van der Waals surface area contributed by atoms with Crippen molar-refractivity contribution in [2.75, 3.05) is 19.8 Å². The molecular weight excluding hydrogens is 1170 g/mol. The van der Waals surface area contributed by atoms with Crippen LogP contribution in [-0.4, -0.2) is 71.7 Å². The zero-order valence-electron chi connectivity index (χ0n) is 57.5. The number of aliphatic hydroxyl groups is 2. The van der Waals surface area contributed by atoms with Crippen molar-refractivity contribution in [3.05, 3.63) is 179 Å². The number of hydrogen-bond donors (Lipinski definition) is 6. The van der Waals surface area contributed by atoms with E-state index in [2.05, 4.69) is 217 Å². The number of carbonyl (C=O) groups is 2. The van der Waals surface area contributed by atoms with E-state index in [-0.39, 0.29) is 38.8 Å². The fraction of sp³-hybridized carbons (Fsp3) is 0.432. The number of benzene rings is 3. The maximum atomic E-state index is 13.5. The van der Waals surface area contributed by atoms with E-state index >= 15 is 0 Å². The molecule has 0 saturated heterocycles. The Morgan fingerprint density at radius 3 is 1.53 bits per heavy atom. The highest BCUT2D eigenvalue weighted by molar-refractivity contribution is 7.82. The molecule has 8 bridgehead atoms. The maximum Gasteiger partial charge on any atom is 0.338 e. The Morgan fingerprint density at radius 1 is 0.587 bits per heavy atom. The number of carbonyl (C=O) groups excluding carboxylic acids is 2. The first-order valence-electron chi connectivity index (χ1n) is 33.2. The van der Waals surface area contributed by atoms with Gasteiger partial charge in [0.05, 0.1) is 34.9 Å². The van der Waals surface area contributed by atoms with Crippen molar-refractivity contribution >= 4 is 83.9 Å². The number of nitrogens with zero attached hydrogens (tertiary/aromatic N) is 2. The summed E-state index contributed by atoms with van der Waals surface area (Å²) in [6.07, 6.45) is 28.8. The minimum Gasteiger partial charge on any atom is -0.462 e. The largest absolute Gasteiger partial charge is 0.462 e. The van der Waals surface area contributed by atoms with E-state index in [1.807, 2.05) is 54.6 Å². The molecule has 5 heterocycles. The molecule has 92 heavy (non-hydrogen) atoms. The van der Waals surface area contributed by atoms with Crippen LogP contribution in [0.5, 0.6) is 0 Å². The lowest BCUT2D eigenvalue weighted by Crippen LogP contribution is -2.28. The van der Waals surface area contributed by atoms with Crippen LogP contribution >= 0.6 is 25.3 Å². The Bertz CT molecular complexity index is 3780. The lowest BCUT2D eigenvalue weighted by Gasteiger charge is -2.34. The molecule has 1 aliphatic carbocycles. The van der Waals surface area contributed by atoms with Crippen LogP contribution in [0.1, 0.15) is 221 Å². The molecule has 4 N–H and O–H groups in total. The van der Waals surface area contributed by atoms with Crippen molar-refractivity contribution in [2.45, 2.75) is 183 Å². The second kappa shape index (κ2) is 31.4. The molecule has 0 amide bonds. The zero-order valence-corrected chi connectivity index (χ0v) is 59.3. The number of nitrogens with one attached hydrogen (secondary N) is 2. The molecule has 3 aromatic carbocycles. The standard InChI is InChI=1S/C60H58N4O3S.C11H24O.C10H22OS/c1-7-33-60(6,68)37-59(4,5)34-35-67-58(66)45-23-21-44(22-24-45)57-52-31-26-47(62-52)54(41-15-9-38(3)10-16-41)46-25-27-50(61-46)56(43-19-13-40(36-65)14-20-43)51-29-28-48(63-51)55(49-30-32-53(57)64-49)42-17-11-39(8-2)12-18-42;1-6-7-10(2,3)8-11(4,5)9-12;1-5-9(2,3)8-10(4,12)6-7-11/h8-17,19-32,36,42,62-63,68H,2,7,18,33-35,37H2,1,3-6H3;12H,6-9H2,1-5H3;11-12H,5-8H2,1-4H3. The topological polar surface area (TPSA) is 141 Å². The second-order valence-electron chi connectivity index (χ2n) is 29.4. The van der Waals surface area contributed by atoms with Gasteiger partial charge in [0.25, 0.3) is 0 Å². The van der Waals surface area contributed by atoms with Gasteiger partial charge in [0, 0.05) is 78.5 Å². The van der Waals surface area contributed by atoms with Crippen molar-refractivity contribution in [3.63, 3.8) is 0 Å². The van der Waals surface area contributed by atoms with Crippen LogP contribution in [0.25, 0.3) is 79.8 Å². The molecule has 6 aromatic rings. The molecule has 0 fully saturated rings. The number of rotatable bonds is 24. The zero-order chi connectivity index (χ0) is 67.2. The van der Waals surface area contributed by atoms with Crippen LogP contribution in [-0.2, 0) is 4.74 Å². The van der Waals surface area contributed by atoms with Gasteiger partial charge in [-0.3, -0.25) is 4.79 Å². The van der Waals surface area contributed by atoms with Gasteiger partial charge in [-0.25, -0.2) is 14.8 Å². The Balaban J connectivity index is 0.000000422. The summed E-state index contributed by atoms with van der Waals surface area (Å²) in [6.45, 7) is 35.6. The number of H-pyrrole nitrogens is 2. The minimum absolute atomic E-state index is 0.0196. The van der Waals surface area contributed by atoms with Crippen molar-refractivity contribution in [3.8, 4) is 33.4 Å². The molecule has 490 valence electrons. The SMILES string of the molecule is C=CC1=CCC(c2c3nc(c(-c4ccc(C(=O)OCCC(C)(C)CC(C)(S)CCC)cc4)c4ccc([nH]4)c(-c4ccc(C)cc4)c4nc(c(-c5ccc(C=O)cc5)c5ccc2[nH]5)C=C4)C=C3)C=C1.CCC(C)(C)CC(C)(S)CCO.CCCC(C)(C)CC(C)(C)CO. The Kier molecular flexibility index (Phi) is 24.8. The summed E-state index contributed by atoms with van der Waals surface area (Å²) in [4.78, 5) is 43.8. The van der Waals surface area contributed by atoms with Gasteiger partial charge < -0.3 is 24.9 Å². The summed E-state index contributed by atoms with van der Waals surface area (Å²) in [7, 11) is 0. The van der Waals surface area contributed by atoms with Crippen molar-refractivity contribution in [1.82, 2.24) is 19.9 Å². The molecule has 0 saturated carbocycles. The Hall–Kier alpha value is -6.76. The summed E-state index contributed by atoms with van der Waals surface area (Å²) >= 11 is 9.50. The summed E-state index contributed by atoms with van der Waals surface area (Å²) in [5.74, 6) is -0.322. The van der Waals surface area contributed by atoms with Gasteiger partial charge in [0.2, 0.25) is 0 Å². The normalized spacial score (nSPS) is 15.3. The highest BCUT2D eigenvalue weighted by atomic mass is 32.1. The summed E-state index contributed by atoms with van der Waals surface area (Å²) in [5, 5.41) is 17.9. The van der Waals surface area contributed by atoms with E-state index in [0.717, 1.165) is 159 Å². The molecule has 9 rings (SSSR count). The number of aryl methyl sites for hydroxylation is 1. The van der Waals surface area contributed by atoms with Gasteiger partial charge in [0.1, 0.15) is 6.29 Å². The number of thiol groups is 2. The number of fused-ring (bicyclic) bond motifs is 8. The quantitative estimate of drug-likeness (QED) is 0.0201. The molecular formula is C81H104N4O5S2. The third-order valence-electron chi connectivity index (χ3n) is 18.1. The molecule has 2 aliphatic heterocycles. The minimum atomic E-state index is -0.343. The lowest BCUT2D eigenvalue weighted by molar-refractivity contribution is 0.0449. The Morgan fingerprint density at radius 2 is 1.05 bits per heavy atom. The van der Waals surface area contributed by atoms with E-state index in [0.29, 0.717) is 35.2 Å². The second-order valence-corrected chi connectivity index (χ2v) is 31.5. The third kappa shape index (κ3) is 19.9. The number of aromatic nitrogens is 4. The monoisotopic (exact) mass is 1280 g/mol. The van der Waals surface area contributed by atoms with Crippen LogP contribution < -0.4 is 0 Å². The average molecular weight is 1280 g/mol. The fourth-order valence-corrected chi connectivity index (χ4v) is 14.8. The maximum absolute atomic E-state index is 13.5. The smallest absolute Gasteiger partial charge is 0.338 e. The van der Waals surface area contributed by atoms with Crippen molar-refractivity contribution in [2.24, 2.45) is 21.7 Å². The predicted octanol–water partition coefficient (Wildman–Crippen LogP) is 21.5. The molecule has 3 unspecified atom stereocenters. The molecule has 3 aliphatic rings. The number of esters is 1. The first-order chi connectivity index (χ1) is 43.5. The Labute approximate surface area is 561 Å². The number of aliphatic hydroxyl groups excluding tert-OH is 2. The average Bonchev–Trinajstić information content (AvgIpc) is 1.62. The van der Waals surface area contributed by atoms with Gasteiger partial charge >= 0.3 is 5.97 Å². The summed E-state index contributed by atoms with van der Waals surface area (Å²) in [5.41, 5.74) is 17.6. The molecule has 3 aromatic heterocycles. The number of ether oxygens (including phenoxy) is 1. The first kappa shape index (κ1) is 72.7. The lowest BCUT2D eigenvalue weighted by atomic mass is 9.73. The van der Waals surface area contributed by atoms with Gasteiger partial charge in [-0.15, -0.1) is 0 Å². The fourth-order valence-electron chi connectivity index (χ4n) is 13.6. The summed E-state index contributed by atoms with van der Waals surface area (Å²) in [6, 6.07) is 32.3. The number of hydrogen-bond acceptors (Lipinski definition) is 9. The van der Waals surface area contributed by atoms with E-state index in [4.69, 9.17) is 37.5 Å². The van der Waals surface area contributed by atoms with Gasteiger partial charge in [0.15, 0.2) is 0 Å². The third-order valence-corrected chi connectivity index (χ3v) is 18.8. The van der Waals surface area contributed by atoms with E-state index in [9.17, 15) is 9.59 Å². The molecule has 9 nitrogen and oxygen atoms in total. The first-order valence-corrected chi connectivity index (χ1v) is 34.1. The van der Waals surface area contributed by atoms with Crippen molar-refractivity contribution in [1.29, 1.82) is 0 Å². The predicted molar refractivity (Wildman–Crippen MR) is 398 cm³/mol. The van der Waals surface area contributed by atoms with Crippen molar-refractivity contribution < 1.29 is 24.5 Å². The number of allylic oxidation sites excluding steroid dienone is 5. The van der Waals surface area contributed by atoms with Crippen LogP contribution in [0, 0.1) is 28.6 Å². The van der Waals surface area contributed by atoms with Crippen LogP contribution in [0.2, 0.25) is 0 Å². The van der Waals surface area contributed by atoms with Crippen LogP contribution in [0.15, 0.2) is 134 Å².